The van der Waals surface area contributed by atoms with Crippen molar-refractivity contribution in [3.63, 3.8) is 0 Å². The molecule has 0 aliphatic carbocycles. The van der Waals surface area contributed by atoms with Crippen molar-refractivity contribution in [3.05, 3.63) is 23.8 Å². The highest BCUT2D eigenvalue weighted by molar-refractivity contribution is 7.89. The minimum atomic E-state index is -3.58. The number of carbonyl (C=O) groups excluding carboxylic acids is 1. The van der Waals surface area contributed by atoms with Gasteiger partial charge in [0.2, 0.25) is 10.0 Å². The minimum absolute atomic E-state index is 0.0872. The maximum atomic E-state index is 13.1. The molecule has 0 unspecified atom stereocenters. The van der Waals surface area contributed by atoms with Gasteiger partial charge >= 0.3 is 0 Å². The van der Waals surface area contributed by atoms with Crippen LogP contribution in [0, 0.1) is 0 Å². The molecule has 2 saturated heterocycles. The largest absolute Gasteiger partial charge is 0.338 e. The lowest BCUT2D eigenvalue weighted by Gasteiger charge is -2.33. The van der Waals surface area contributed by atoms with Crippen molar-refractivity contribution >= 4 is 21.6 Å². The van der Waals surface area contributed by atoms with E-state index < -0.39 is 15.8 Å². The van der Waals surface area contributed by atoms with E-state index in [0.717, 1.165) is 12.8 Å². The first-order chi connectivity index (χ1) is 12.4. The van der Waals surface area contributed by atoms with E-state index in [4.69, 9.17) is 9.47 Å². The topological polar surface area (TPSA) is 76.1 Å². The molecule has 26 heavy (non-hydrogen) atoms. The van der Waals surface area contributed by atoms with E-state index in [9.17, 15) is 13.2 Å². The van der Waals surface area contributed by atoms with Gasteiger partial charge in [-0.05, 0) is 51.3 Å². The summed E-state index contributed by atoms with van der Waals surface area (Å²) in [6.07, 6.45) is 2.46. The van der Waals surface area contributed by atoms with Gasteiger partial charge in [-0.2, -0.15) is 4.31 Å². The van der Waals surface area contributed by atoms with Gasteiger partial charge in [-0.1, -0.05) is 0 Å². The van der Waals surface area contributed by atoms with Crippen LogP contribution in [0.25, 0.3) is 0 Å². The lowest BCUT2D eigenvalue weighted by atomic mass is 10.1. The van der Waals surface area contributed by atoms with E-state index in [1.165, 1.54) is 4.31 Å². The van der Waals surface area contributed by atoms with E-state index in [1.807, 2.05) is 13.8 Å². The van der Waals surface area contributed by atoms with Gasteiger partial charge in [0.1, 0.15) is 0 Å². The molecule has 1 aromatic carbocycles. The molecule has 0 radical (unpaired) electrons. The monoisotopic (exact) mass is 380 g/mol. The van der Waals surface area contributed by atoms with E-state index in [2.05, 4.69) is 0 Å². The molecule has 142 valence electrons. The predicted molar refractivity (Wildman–Crippen MR) is 95.3 cm³/mol. The number of ether oxygens (including phenoxy) is 2. The summed E-state index contributed by atoms with van der Waals surface area (Å²) < 4.78 is 39.0. The lowest BCUT2D eigenvalue weighted by molar-refractivity contribution is -0.257. The number of hydrogen-bond donors (Lipinski definition) is 0. The van der Waals surface area contributed by atoms with Crippen LogP contribution in [0.5, 0.6) is 0 Å². The van der Waals surface area contributed by atoms with Crippen molar-refractivity contribution < 1.29 is 22.7 Å². The number of hydrogen-bond acceptors (Lipinski definition) is 5. The Hall–Kier alpha value is -1.48. The molecule has 0 bridgehead atoms. The van der Waals surface area contributed by atoms with Crippen LogP contribution in [0.4, 0.5) is 5.69 Å². The summed E-state index contributed by atoms with van der Waals surface area (Å²) in [6.45, 7) is 5.71. The zero-order valence-electron chi connectivity index (χ0n) is 15.1. The second kappa shape index (κ2) is 6.30. The molecule has 0 atom stereocenters. The zero-order valence-corrected chi connectivity index (χ0v) is 15.9. The standard InChI is InChI=1S/C18H24N2O5S/c1-13(2)20-16-7-6-14(26(22,23)19-8-3-4-9-19)12-15(16)18(17(20)21)24-10-5-11-25-18/h6-7,12-13H,3-5,8-11H2,1-2H3. The molecular weight excluding hydrogens is 356 g/mol. The molecule has 3 heterocycles. The van der Waals surface area contributed by atoms with E-state index in [-0.39, 0.29) is 16.8 Å². The van der Waals surface area contributed by atoms with Crippen molar-refractivity contribution in [1.82, 2.24) is 4.31 Å². The second-order valence-electron chi connectivity index (χ2n) is 7.23. The molecule has 0 N–H and O–H groups in total. The number of amides is 1. The Labute approximate surface area is 153 Å². The fourth-order valence-corrected chi connectivity index (χ4v) is 5.48. The van der Waals surface area contributed by atoms with Gasteiger partial charge in [-0.15, -0.1) is 0 Å². The third-order valence-corrected chi connectivity index (χ3v) is 7.10. The first kappa shape index (κ1) is 17.9. The van der Waals surface area contributed by atoms with Crippen LogP contribution in [0.2, 0.25) is 0 Å². The smallest absolute Gasteiger partial charge is 0.292 e. The van der Waals surface area contributed by atoms with Crippen LogP contribution in [-0.4, -0.2) is 51.0 Å². The fraction of sp³-hybridized carbons (Fsp3) is 0.611. The summed E-state index contributed by atoms with van der Waals surface area (Å²) in [7, 11) is -3.58. The quantitative estimate of drug-likeness (QED) is 0.799. The Morgan fingerprint density at radius 2 is 1.73 bits per heavy atom. The maximum absolute atomic E-state index is 13.1. The second-order valence-corrected chi connectivity index (χ2v) is 9.16. The number of benzene rings is 1. The van der Waals surface area contributed by atoms with E-state index in [1.54, 1.807) is 23.1 Å². The van der Waals surface area contributed by atoms with Crippen molar-refractivity contribution in [2.45, 2.75) is 49.8 Å². The van der Waals surface area contributed by atoms with Crippen LogP contribution in [0.15, 0.2) is 23.1 Å². The number of rotatable bonds is 3. The van der Waals surface area contributed by atoms with Crippen molar-refractivity contribution in [2.75, 3.05) is 31.2 Å². The molecular formula is C18H24N2O5S. The molecule has 3 aliphatic heterocycles. The molecule has 1 spiro atoms. The normalized spacial score (nSPS) is 23.2. The molecule has 2 fully saturated rings. The molecule has 0 aromatic heterocycles. The van der Waals surface area contributed by atoms with Crippen LogP contribution in [-0.2, 0) is 30.1 Å². The van der Waals surface area contributed by atoms with Gasteiger partial charge < -0.3 is 14.4 Å². The summed E-state index contributed by atoms with van der Waals surface area (Å²) in [5.41, 5.74) is 1.16. The maximum Gasteiger partial charge on any atom is 0.292 e. The molecule has 1 aromatic rings. The highest BCUT2D eigenvalue weighted by Gasteiger charge is 2.55. The number of carbonyl (C=O) groups is 1. The van der Waals surface area contributed by atoms with Crippen LogP contribution >= 0.6 is 0 Å². The first-order valence-electron chi connectivity index (χ1n) is 9.14. The molecule has 1 amide bonds. The van der Waals surface area contributed by atoms with Crippen LogP contribution < -0.4 is 4.90 Å². The Balaban J connectivity index is 1.84. The van der Waals surface area contributed by atoms with Gasteiger partial charge in [0.05, 0.1) is 23.8 Å². The first-order valence-corrected chi connectivity index (χ1v) is 10.6. The van der Waals surface area contributed by atoms with Gasteiger partial charge in [-0.25, -0.2) is 8.42 Å². The van der Waals surface area contributed by atoms with Crippen LogP contribution in [0.3, 0.4) is 0 Å². The Kier molecular flexibility index (Phi) is 4.34. The molecule has 7 nitrogen and oxygen atoms in total. The summed E-state index contributed by atoms with van der Waals surface area (Å²) >= 11 is 0. The summed E-state index contributed by atoms with van der Waals surface area (Å²) in [4.78, 5) is 14.9. The summed E-state index contributed by atoms with van der Waals surface area (Å²) in [6, 6.07) is 4.76. The molecule has 3 aliphatic rings. The Bertz CT molecular complexity index is 824. The zero-order chi connectivity index (χ0) is 18.5. The fourth-order valence-electron chi connectivity index (χ4n) is 3.93. The van der Waals surface area contributed by atoms with Crippen molar-refractivity contribution in [1.29, 1.82) is 0 Å². The summed E-state index contributed by atoms with van der Waals surface area (Å²) in [5.74, 6) is -1.80. The van der Waals surface area contributed by atoms with Gasteiger partial charge in [0, 0.05) is 24.7 Å². The van der Waals surface area contributed by atoms with Crippen molar-refractivity contribution in [3.8, 4) is 0 Å². The number of sulfonamides is 1. The van der Waals surface area contributed by atoms with E-state index in [0.29, 0.717) is 44.0 Å². The minimum Gasteiger partial charge on any atom is -0.338 e. The average Bonchev–Trinajstić information content (AvgIpc) is 3.23. The summed E-state index contributed by atoms with van der Waals surface area (Å²) in [5, 5.41) is 0. The Morgan fingerprint density at radius 1 is 1.08 bits per heavy atom. The third kappa shape index (κ3) is 2.51. The van der Waals surface area contributed by atoms with Crippen molar-refractivity contribution in [2.24, 2.45) is 0 Å². The lowest BCUT2D eigenvalue weighted by Crippen LogP contribution is -2.48. The highest BCUT2D eigenvalue weighted by atomic mass is 32.2. The van der Waals surface area contributed by atoms with Gasteiger partial charge in [0.25, 0.3) is 11.7 Å². The highest BCUT2D eigenvalue weighted by Crippen LogP contribution is 2.47. The average molecular weight is 380 g/mol. The van der Waals surface area contributed by atoms with Crippen LogP contribution in [0.1, 0.15) is 38.7 Å². The predicted octanol–water partition coefficient (Wildman–Crippen LogP) is 1.82. The SMILES string of the molecule is CC(C)N1C(=O)C2(OCCCO2)c2cc(S(=O)(=O)N3CCCC3)ccc21. The number of fused-ring (bicyclic) bond motifs is 2. The molecule has 8 heteroatoms. The Morgan fingerprint density at radius 3 is 2.35 bits per heavy atom. The molecule has 0 saturated carbocycles. The van der Waals surface area contributed by atoms with Gasteiger partial charge in [-0.3, -0.25) is 4.79 Å². The number of anilines is 1. The van der Waals surface area contributed by atoms with Gasteiger partial charge in [0.15, 0.2) is 0 Å². The van der Waals surface area contributed by atoms with E-state index >= 15 is 0 Å². The number of nitrogens with zero attached hydrogens (tertiary/aromatic N) is 2. The third-order valence-electron chi connectivity index (χ3n) is 5.20. The molecule has 4 rings (SSSR count).